The molecule has 0 fully saturated rings. The maximum Gasteiger partial charge on any atom is 0.215 e. The zero-order valence-electron chi connectivity index (χ0n) is 9.23. The van der Waals surface area contributed by atoms with E-state index in [2.05, 4.69) is 16.6 Å². The van der Waals surface area contributed by atoms with Crippen molar-refractivity contribution in [1.82, 2.24) is 4.72 Å². The van der Waals surface area contributed by atoms with Crippen molar-refractivity contribution in [2.75, 3.05) is 6.54 Å². The van der Waals surface area contributed by atoms with Crippen molar-refractivity contribution in [2.24, 2.45) is 0 Å². The highest BCUT2D eigenvalue weighted by Gasteiger charge is 2.09. The summed E-state index contributed by atoms with van der Waals surface area (Å²) < 4.78 is 25.7. The molecule has 1 aromatic rings. The topological polar surface area (TPSA) is 46.2 Å². The largest absolute Gasteiger partial charge is 0.215 e. The fraction of sp³-hybridized carbons (Fsp3) is 0.333. The van der Waals surface area contributed by atoms with Crippen LogP contribution in [0.1, 0.15) is 18.9 Å². The predicted octanol–water partition coefficient (Wildman–Crippen LogP) is 1.52. The van der Waals surface area contributed by atoms with Gasteiger partial charge in [-0.25, -0.2) is 13.1 Å². The first-order chi connectivity index (χ1) is 7.64. The fourth-order valence-electron chi connectivity index (χ4n) is 1.24. The van der Waals surface area contributed by atoms with E-state index >= 15 is 0 Å². The van der Waals surface area contributed by atoms with Gasteiger partial charge in [-0.05, 0) is 12.5 Å². The van der Waals surface area contributed by atoms with Crippen LogP contribution in [0.3, 0.4) is 0 Å². The van der Waals surface area contributed by atoms with E-state index in [4.69, 9.17) is 0 Å². The molecule has 0 radical (unpaired) electrons. The number of rotatable bonds is 5. The molecule has 86 valence electrons. The van der Waals surface area contributed by atoms with Crippen molar-refractivity contribution in [3.05, 3.63) is 35.9 Å². The maximum atomic E-state index is 11.6. The van der Waals surface area contributed by atoms with Gasteiger partial charge in [0.05, 0.1) is 5.75 Å². The van der Waals surface area contributed by atoms with E-state index in [1.165, 1.54) is 0 Å². The third-order valence-corrected chi connectivity index (χ3v) is 3.31. The van der Waals surface area contributed by atoms with Gasteiger partial charge in [-0.3, -0.25) is 0 Å². The van der Waals surface area contributed by atoms with Crippen LogP contribution in [0.25, 0.3) is 0 Å². The quantitative estimate of drug-likeness (QED) is 0.623. The summed E-state index contributed by atoms with van der Waals surface area (Å²) in [6.07, 6.45) is 0.546. The Morgan fingerprint density at radius 3 is 2.56 bits per heavy atom. The lowest BCUT2D eigenvalue weighted by Crippen LogP contribution is -2.25. The summed E-state index contributed by atoms with van der Waals surface area (Å²) in [6.45, 7) is 2.11. The lowest BCUT2D eigenvalue weighted by atomic mass is 10.2. The lowest BCUT2D eigenvalue weighted by Gasteiger charge is -2.04. The molecule has 0 unspecified atom stereocenters. The molecule has 0 aromatic heterocycles. The van der Waals surface area contributed by atoms with E-state index in [0.29, 0.717) is 13.0 Å². The summed E-state index contributed by atoms with van der Waals surface area (Å²) in [7, 11) is -3.23. The van der Waals surface area contributed by atoms with Crippen LogP contribution in [0.4, 0.5) is 0 Å². The highest BCUT2D eigenvalue weighted by atomic mass is 32.2. The normalized spacial score (nSPS) is 10.6. The van der Waals surface area contributed by atoms with Crippen LogP contribution in [-0.2, 0) is 15.8 Å². The highest BCUT2D eigenvalue weighted by Crippen LogP contribution is 2.03. The van der Waals surface area contributed by atoms with Crippen LogP contribution < -0.4 is 4.72 Å². The van der Waals surface area contributed by atoms with Crippen molar-refractivity contribution in [3.63, 3.8) is 0 Å². The minimum Gasteiger partial charge on any atom is -0.214 e. The first-order valence-corrected chi connectivity index (χ1v) is 6.70. The Morgan fingerprint density at radius 1 is 1.25 bits per heavy atom. The molecule has 16 heavy (non-hydrogen) atoms. The van der Waals surface area contributed by atoms with Crippen molar-refractivity contribution < 1.29 is 8.42 Å². The van der Waals surface area contributed by atoms with Crippen molar-refractivity contribution in [3.8, 4) is 11.8 Å². The number of benzene rings is 1. The van der Waals surface area contributed by atoms with Crippen LogP contribution in [0.5, 0.6) is 0 Å². The second kappa shape index (κ2) is 6.31. The minimum atomic E-state index is -3.23. The molecule has 1 N–H and O–H groups in total. The van der Waals surface area contributed by atoms with Crippen molar-refractivity contribution in [2.45, 2.75) is 19.1 Å². The lowest BCUT2D eigenvalue weighted by molar-refractivity contribution is 0.581. The molecule has 0 heterocycles. The Bertz CT molecular complexity index is 469. The zero-order chi connectivity index (χ0) is 11.9. The Balaban J connectivity index is 2.48. The molecule has 0 aliphatic heterocycles. The van der Waals surface area contributed by atoms with Crippen LogP contribution in [-0.4, -0.2) is 15.0 Å². The van der Waals surface area contributed by atoms with E-state index in [1.807, 2.05) is 18.2 Å². The zero-order valence-corrected chi connectivity index (χ0v) is 10.0. The molecule has 3 nitrogen and oxygen atoms in total. The van der Waals surface area contributed by atoms with E-state index in [-0.39, 0.29) is 5.75 Å². The second-order valence-corrected chi connectivity index (χ2v) is 5.12. The van der Waals surface area contributed by atoms with E-state index in [9.17, 15) is 8.42 Å². The summed E-state index contributed by atoms with van der Waals surface area (Å²) >= 11 is 0. The molecule has 0 spiro atoms. The number of sulfonamides is 1. The Kier molecular flexibility index (Phi) is 5.03. The predicted molar refractivity (Wildman–Crippen MR) is 65.1 cm³/mol. The van der Waals surface area contributed by atoms with E-state index < -0.39 is 10.0 Å². The van der Waals surface area contributed by atoms with E-state index in [1.54, 1.807) is 19.1 Å². The molecule has 0 amide bonds. The van der Waals surface area contributed by atoms with Gasteiger partial charge in [0.1, 0.15) is 0 Å². The first kappa shape index (κ1) is 12.8. The van der Waals surface area contributed by atoms with Gasteiger partial charge < -0.3 is 0 Å². The second-order valence-electron chi connectivity index (χ2n) is 3.32. The Hall–Kier alpha value is -1.31. The van der Waals surface area contributed by atoms with Crippen LogP contribution >= 0.6 is 0 Å². The van der Waals surface area contributed by atoms with Gasteiger partial charge in [0.25, 0.3) is 0 Å². The van der Waals surface area contributed by atoms with Crippen LogP contribution in [0.2, 0.25) is 0 Å². The van der Waals surface area contributed by atoms with Crippen LogP contribution in [0.15, 0.2) is 30.3 Å². The number of hydrogen-bond donors (Lipinski definition) is 1. The van der Waals surface area contributed by atoms with Gasteiger partial charge in [0, 0.05) is 13.0 Å². The maximum absolute atomic E-state index is 11.6. The van der Waals surface area contributed by atoms with Gasteiger partial charge in [0.15, 0.2) is 0 Å². The SMILES string of the molecule is CC#CCCNS(=O)(=O)Cc1ccccc1. The van der Waals surface area contributed by atoms with Crippen LogP contribution in [0, 0.1) is 11.8 Å². The van der Waals surface area contributed by atoms with Crippen molar-refractivity contribution >= 4 is 10.0 Å². The molecule has 0 saturated carbocycles. The summed E-state index contributed by atoms with van der Waals surface area (Å²) in [6, 6.07) is 9.11. The smallest absolute Gasteiger partial charge is 0.214 e. The fourth-order valence-corrected chi connectivity index (χ4v) is 2.39. The molecule has 0 saturated heterocycles. The van der Waals surface area contributed by atoms with Gasteiger partial charge in [-0.2, -0.15) is 0 Å². The number of nitrogens with one attached hydrogen (secondary N) is 1. The van der Waals surface area contributed by atoms with Gasteiger partial charge >= 0.3 is 0 Å². The molecule has 0 aliphatic rings. The molecule has 1 rings (SSSR count). The average molecular weight is 237 g/mol. The standard InChI is InChI=1S/C12H15NO2S/c1-2-3-7-10-13-16(14,15)11-12-8-5-4-6-9-12/h4-6,8-9,13H,7,10-11H2,1H3. The monoisotopic (exact) mass is 237 g/mol. The van der Waals surface area contributed by atoms with E-state index in [0.717, 1.165) is 5.56 Å². The Morgan fingerprint density at radius 2 is 1.94 bits per heavy atom. The van der Waals surface area contributed by atoms with Gasteiger partial charge in [0.2, 0.25) is 10.0 Å². The summed E-state index contributed by atoms with van der Waals surface area (Å²) in [5.41, 5.74) is 0.788. The third kappa shape index (κ3) is 4.96. The van der Waals surface area contributed by atoms with Gasteiger partial charge in [-0.1, -0.05) is 30.3 Å². The first-order valence-electron chi connectivity index (χ1n) is 5.05. The highest BCUT2D eigenvalue weighted by molar-refractivity contribution is 7.88. The molecule has 0 atom stereocenters. The average Bonchev–Trinajstić information content (AvgIpc) is 2.25. The molecule has 1 aromatic carbocycles. The molecule has 0 aliphatic carbocycles. The summed E-state index contributed by atoms with van der Waals surface area (Å²) in [5, 5.41) is 0. The summed E-state index contributed by atoms with van der Waals surface area (Å²) in [5.74, 6) is 5.55. The van der Waals surface area contributed by atoms with Gasteiger partial charge in [-0.15, -0.1) is 11.8 Å². The molecular weight excluding hydrogens is 222 g/mol. The molecule has 4 heteroatoms. The summed E-state index contributed by atoms with van der Waals surface area (Å²) in [4.78, 5) is 0. The molecular formula is C12H15NO2S. The van der Waals surface area contributed by atoms with Crippen molar-refractivity contribution in [1.29, 1.82) is 0 Å². The minimum absolute atomic E-state index is 0.0212. The number of hydrogen-bond acceptors (Lipinski definition) is 2. The molecule has 0 bridgehead atoms. The third-order valence-electron chi connectivity index (χ3n) is 1.95. The Labute approximate surface area is 96.9 Å².